The van der Waals surface area contributed by atoms with Gasteiger partial charge in [0.25, 0.3) is 5.56 Å². The molecule has 0 unspecified atom stereocenters. The van der Waals surface area contributed by atoms with Crippen molar-refractivity contribution in [1.82, 2.24) is 18.7 Å². The summed E-state index contributed by atoms with van der Waals surface area (Å²) in [5.74, 6) is 2.19. The average molecular weight is 476 g/mol. The third-order valence-electron chi connectivity index (χ3n) is 6.59. The van der Waals surface area contributed by atoms with Gasteiger partial charge in [-0.25, -0.2) is 4.79 Å². The van der Waals surface area contributed by atoms with Crippen molar-refractivity contribution in [3.05, 3.63) is 74.9 Å². The number of hydrogen-bond acceptors (Lipinski definition) is 6. The summed E-state index contributed by atoms with van der Waals surface area (Å²) in [6.07, 6.45) is 0.591. The van der Waals surface area contributed by atoms with E-state index in [9.17, 15) is 9.59 Å². The van der Waals surface area contributed by atoms with Crippen LogP contribution in [0.1, 0.15) is 12.5 Å². The topological polar surface area (TPSA) is 83.5 Å². The molecule has 0 saturated carbocycles. The first-order chi connectivity index (χ1) is 16.9. The number of benzene rings is 2. The lowest BCUT2D eigenvalue weighted by Crippen LogP contribution is -2.40. The fraction of sp³-hybridized carbons (Fsp3) is 0.346. The van der Waals surface area contributed by atoms with Crippen molar-refractivity contribution in [2.45, 2.75) is 26.4 Å². The van der Waals surface area contributed by atoms with Gasteiger partial charge in [0, 0.05) is 32.7 Å². The second-order valence-electron chi connectivity index (χ2n) is 8.98. The van der Waals surface area contributed by atoms with Crippen LogP contribution < -0.4 is 25.6 Å². The van der Waals surface area contributed by atoms with Crippen molar-refractivity contribution in [2.75, 3.05) is 25.7 Å². The van der Waals surface area contributed by atoms with E-state index in [1.54, 1.807) is 21.3 Å². The third-order valence-corrected chi connectivity index (χ3v) is 6.59. The van der Waals surface area contributed by atoms with Gasteiger partial charge < -0.3 is 18.9 Å². The van der Waals surface area contributed by atoms with E-state index in [2.05, 4.69) is 6.92 Å². The predicted molar refractivity (Wildman–Crippen MR) is 135 cm³/mol. The fourth-order valence-corrected chi connectivity index (χ4v) is 4.80. The molecule has 0 spiro atoms. The Morgan fingerprint density at radius 1 is 1.03 bits per heavy atom. The Balaban J connectivity index is 1.65. The Hall–Kier alpha value is -4.01. The normalized spacial score (nSPS) is 15.3. The first-order valence-corrected chi connectivity index (χ1v) is 11.7. The number of nitrogens with zero attached hydrogens (tertiary/aromatic N) is 5. The highest BCUT2D eigenvalue weighted by Crippen LogP contribution is 2.39. The maximum Gasteiger partial charge on any atom is 0.332 e. The van der Waals surface area contributed by atoms with Crippen molar-refractivity contribution in [1.29, 1.82) is 0 Å². The minimum absolute atomic E-state index is 0.237. The molecule has 5 rings (SSSR count). The summed E-state index contributed by atoms with van der Waals surface area (Å²) >= 11 is 0. The number of aryl methyl sites for hydroxylation is 2. The summed E-state index contributed by atoms with van der Waals surface area (Å²) in [7, 11) is 4.90. The van der Waals surface area contributed by atoms with Gasteiger partial charge in [0.15, 0.2) is 11.2 Å². The molecule has 0 N–H and O–H groups in total. The highest BCUT2D eigenvalue weighted by atomic mass is 16.5. The predicted octanol–water partition coefficient (Wildman–Crippen LogP) is 2.94. The zero-order valence-electron chi connectivity index (χ0n) is 20.4. The van der Waals surface area contributed by atoms with Crippen LogP contribution in [0, 0.1) is 5.92 Å². The van der Waals surface area contributed by atoms with Crippen LogP contribution >= 0.6 is 0 Å². The molecule has 0 aliphatic carbocycles. The number of aromatic nitrogens is 4. The largest absolute Gasteiger partial charge is 0.497 e. The smallest absolute Gasteiger partial charge is 0.332 e. The fourth-order valence-electron chi connectivity index (χ4n) is 4.80. The van der Waals surface area contributed by atoms with E-state index in [0.717, 1.165) is 11.3 Å². The standard InChI is InChI=1S/C26H29N5O4/c1-17-15-30(20-11-10-19(34-3)14-21(20)35-4)25-27-23-22(31(25)16-17)24(32)29(26(33)28(23)2)13-12-18-8-6-5-7-9-18/h5-11,14,17H,12-13,15-16H2,1-4H3/t17-/m1/s1. The lowest BCUT2D eigenvalue weighted by molar-refractivity contribution is 0.392. The zero-order chi connectivity index (χ0) is 24.7. The average Bonchev–Trinajstić information content (AvgIpc) is 3.26. The molecular formula is C26H29N5O4. The molecule has 9 nitrogen and oxygen atoms in total. The van der Waals surface area contributed by atoms with E-state index >= 15 is 0 Å². The van der Waals surface area contributed by atoms with Crippen LogP contribution in [0.15, 0.2) is 58.1 Å². The van der Waals surface area contributed by atoms with Gasteiger partial charge in [-0.15, -0.1) is 0 Å². The molecule has 1 aliphatic rings. The first kappa shape index (κ1) is 22.8. The van der Waals surface area contributed by atoms with Crippen LogP contribution in [0.2, 0.25) is 0 Å². The molecule has 0 bridgehead atoms. The van der Waals surface area contributed by atoms with Crippen molar-refractivity contribution in [3.63, 3.8) is 0 Å². The van der Waals surface area contributed by atoms with Crippen LogP contribution in [0.25, 0.3) is 11.2 Å². The Morgan fingerprint density at radius 2 is 1.80 bits per heavy atom. The van der Waals surface area contributed by atoms with Gasteiger partial charge in [0.05, 0.1) is 19.9 Å². The molecule has 4 aromatic rings. The van der Waals surface area contributed by atoms with Gasteiger partial charge in [0.2, 0.25) is 5.95 Å². The molecule has 182 valence electrons. The molecule has 35 heavy (non-hydrogen) atoms. The van der Waals surface area contributed by atoms with E-state index in [-0.39, 0.29) is 17.2 Å². The van der Waals surface area contributed by atoms with Crippen molar-refractivity contribution in [2.24, 2.45) is 13.0 Å². The Labute approximate surface area is 202 Å². The van der Waals surface area contributed by atoms with Crippen molar-refractivity contribution < 1.29 is 9.47 Å². The van der Waals surface area contributed by atoms with E-state index < -0.39 is 0 Å². The van der Waals surface area contributed by atoms with Gasteiger partial charge in [-0.3, -0.25) is 13.9 Å². The van der Waals surface area contributed by atoms with Crippen molar-refractivity contribution >= 4 is 22.8 Å². The zero-order valence-corrected chi connectivity index (χ0v) is 20.4. The van der Waals surface area contributed by atoms with Gasteiger partial charge in [-0.1, -0.05) is 37.3 Å². The molecule has 0 fully saturated rings. The number of fused-ring (bicyclic) bond motifs is 3. The summed E-state index contributed by atoms with van der Waals surface area (Å²) in [6, 6.07) is 15.5. The Kier molecular flexibility index (Phi) is 5.84. The molecular weight excluding hydrogens is 446 g/mol. The maximum absolute atomic E-state index is 13.6. The lowest BCUT2D eigenvalue weighted by Gasteiger charge is -2.33. The minimum Gasteiger partial charge on any atom is -0.497 e. The maximum atomic E-state index is 13.6. The monoisotopic (exact) mass is 475 g/mol. The van der Waals surface area contributed by atoms with Crippen LogP contribution in [0.5, 0.6) is 11.5 Å². The molecule has 1 atom stereocenters. The number of ether oxygens (including phenoxy) is 2. The van der Waals surface area contributed by atoms with Crippen molar-refractivity contribution in [3.8, 4) is 11.5 Å². The molecule has 9 heteroatoms. The van der Waals surface area contributed by atoms with E-state index in [4.69, 9.17) is 14.5 Å². The number of anilines is 2. The SMILES string of the molecule is COc1ccc(N2C[C@@H](C)Cn3c2nc2c3c(=O)n(CCc3ccccc3)c(=O)n2C)c(OC)c1. The quantitative estimate of drug-likeness (QED) is 0.426. The summed E-state index contributed by atoms with van der Waals surface area (Å²) < 4.78 is 15.7. The first-order valence-electron chi connectivity index (χ1n) is 11.7. The number of rotatable bonds is 6. The van der Waals surface area contributed by atoms with Crippen LogP contribution in [0.3, 0.4) is 0 Å². The number of imidazole rings is 1. The molecule has 0 radical (unpaired) electrons. The van der Waals surface area contributed by atoms with Crippen LogP contribution in [-0.4, -0.2) is 39.4 Å². The minimum atomic E-state index is -0.365. The molecule has 2 aromatic carbocycles. The molecule has 1 aliphatic heterocycles. The van der Waals surface area contributed by atoms with E-state index in [1.807, 2.05) is 58.0 Å². The highest BCUT2D eigenvalue weighted by molar-refractivity contribution is 5.78. The van der Waals surface area contributed by atoms with E-state index in [0.29, 0.717) is 54.7 Å². The van der Waals surface area contributed by atoms with Gasteiger partial charge >= 0.3 is 5.69 Å². The van der Waals surface area contributed by atoms with E-state index in [1.165, 1.54) is 9.13 Å². The number of methoxy groups -OCH3 is 2. The highest BCUT2D eigenvalue weighted by Gasteiger charge is 2.31. The van der Waals surface area contributed by atoms with Crippen LogP contribution in [-0.2, 0) is 26.6 Å². The van der Waals surface area contributed by atoms with Gasteiger partial charge in [0.1, 0.15) is 11.5 Å². The Morgan fingerprint density at radius 3 is 2.51 bits per heavy atom. The molecule has 3 heterocycles. The summed E-state index contributed by atoms with van der Waals surface area (Å²) in [5.41, 5.74) is 2.05. The second-order valence-corrected chi connectivity index (χ2v) is 8.98. The van der Waals surface area contributed by atoms with Crippen LogP contribution in [0.4, 0.5) is 11.6 Å². The molecule has 0 amide bonds. The third kappa shape index (κ3) is 3.86. The lowest BCUT2D eigenvalue weighted by atomic mass is 10.1. The van der Waals surface area contributed by atoms with Gasteiger partial charge in [-0.05, 0) is 30.0 Å². The molecule has 0 saturated heterocycles. The van der Waals surface area contributed by atoms with Gasteiger partial charge in [-0.2, -0.15) is 4.98 Å². The summed E-state index contributed by atoms with van der Waals surface area (Å²) in [4.78, 5) is 33.6. The number of hydrogen-bond donors (Lipinski definition) is 0. The molecule has 2 aromatic heterocycles. The second kappa shape index (κ2) is 8.98. The summed E-state index contributed by atoms with van der Waals surface area (Å²) in [6.45, 7) is 3.76. The Bertz CT molecular complexity index is 1500. The summed E-state index contributed by atoms with van der Waals surface area (Å²) in [5, 5.41) is 0.